The molecule has 5 heteroatoms. The van der Waals surface area contributed by atoms with Crippen molar-refractivity contribution < 1.29 is 4.42 Å². The molecule has 88 valence electrons. The second kappa shape index (κ2) is 3.60. The summed E-state index contributed by atoms with van der Waals surface area (Å²) < 4.78 is 7.58. The molecule has 0 aliphatic rings. The van der Waals surface area contributed by atoms with E-state index < -0.39 is 0 Å². The van der Waals surface area contributed by atoms with Crippen LogP contribution in [-0.4, -0.2) is 4.98 Å². The van der Waals surface area contributed by atoms with Crippen molar-refractivity contribution in [2.75, 3.05) is 0 Å². The minimum Gasteiger partial charge on any atom is -0.427 e. The molecule has 0 radical (unpaired) electrons. The van der Waals surface area contributed by atoms with E-state index in [1.54, 1.807) is 11.3 Å². The molecule has 4 rings (SSSR count). The van der Waals surface area contributed by atoms with Gasteiger partial charge in [0, 0.05) is 15.5 Å². The highest BCUT2D eigenvalue weighted by molar-refractivity contribution is 7.26. The smallest absolute Gasteiger partial charge is 0.293 e. The Hall–Kier alpha value is -1.29. The normalized spacial score (nSPS) is 11.9. The fourth-order valence-corrected chi connectivity index (χ4v) is 3.81. The van der Waals surface area contributed by atoms with Crippen LogP contribution in [0.4, 0.5) is 0 Å². The number of rotatable bonds is 0. The van der Waals surface area contributed by atoms with E-state index in [9.17, 15) is 0 Å². The van der Waals surface area contributed by atoms with Crippen molar-refractivity contribution in [1.29, 1.82) is 0 Å². The van der Waals surface area contributed by atoms with Crippen LogP contribution in [-0.2, 0) is 0 Å². The first kappa shape index (κ1) is 10.6. The van der Waals surface area contributed by atoms with Crippen LogP contribution in [0.3, 0.4) is 0 Å². The molecule has 0 aliphatic heterocycles. The lowest BCUT2D eigenvalue weighted by atomic mass is 10.1. The number of benzene rings is 2. The Labute approximate surface area is 116 Å². The van der Waals surface area contributed by atoms with Crippen molar-refractivity contribution >= 4 is 65.8 Å². The van der Waals surface area contributed by atoms with Gasteiger partial charge >= 0.3 is 0 Å². The maximum absolute atomic E-state index is 6.39. The summed E-state index contributed by atoms with van der Waals surface area (Å²) >= 11 is 13.8. The average molecular weight is 294 g/mol. The number of fused-ring (bicyclic) bond motifs is 4. The van der Waals surface area contributed by atoms with Gasteiger partial charge in [0.05, 0.1) is 9.72 Å². The Kier molecular flexibility index (Phi) is 2.13. The molecule has 0 saturated carbocycles. The molecule has 2 nitrogen and oxygen atoms in total. The zero-order chi connectivity index (χ0) is 12.3. The third-order valence-corrected chi connectivity index (χ3v) is 4.79. The number of halogens is 2. The molecule has 0 aliphatic carbocycles. The fraction of sp³-hybridized carbons (Fsp3) is 0. The maximum Gasteiger partial charge on any atom is 0.293 e. The average Bonchev–Trinajstić information content (AvgIpc) is 2.91. The molecule has 0 spiro atoms. The van der Waals surface area contributed by atoms with Gasteiger partial charge in [0.1, 0.15) is 5.52 Å². The zero-order valence-corrected chi connectivity index (χ0v) is 11.2. The summed E-state index contributed by atoms with van der Waals surface area (Å²) in [4.78, 5) is 4.11. The first-order valence-corrected chi connectivity index (χ1v) is 6.87. The van der Waals surface area contributed by atoms with E-state index in [-0.39, 0.29) is 5.35 Å². The minimum absolute atomic E-state index is 0.119. The lowest BCUT2D eigenvalue weighted by molar-refractivity contribution is 0.605. The quantitative estimate of drug-likeness (QED) is 0.428. The van der Waals surface area contributed by atoms with Gasteiger partial charge in [-0.15, -0.1) is 11.3 Å². The maximum atomic E-state index is 6.39. The van der Waals surface area contributed by atoms with E-state index >= 15 is 0 Å². The molecular weight excluding hydrogens is 289 g/mol. The molecule has 0 atom stereocenters. The highest BCUT2D eigenvalue weighted by atomic mass is 35.5. The van der Waals surface area contributed by atoms with Gasteiger partial charge < -0.3 is 4.42 Å². The molecular formula is C13H5Cl2NOS. The van der Waals surface area contributed by atoms with E-state index in [0.717, 1.165) is 10.1 Å². The number of hydrogen-bond donors (Lipinski definition) is 0. The van der Waals surface area contributed by atoms with E-state index in [0.29, 0.717) is 16.1 Å². The van der Waals surface area contributed by atoms with Crippen LogP contribution >= 0.6 is 34.5 Å². The van der Waals surface area contributed by atoms with Crippen molar-refractivity contribution in [1.82, 2.24) is 4.98 Å². The molecule has 2 aromatic carbocycles. The Morgan fingerprint density at radius 1 is 1.11 bits per heavy atom. The van der Waals surface area contributed by atoms with Crippen LogP contribution in [0.15, 0.2) is 34.7 Å². The van der Waals surface area contributed by atoms with Gasteiger partial charge in [-0.1, -0.05) is 29.8 Å². The predicted octanol–water partition coefficient (Wildman–Crippen LogP) is 5.50. The van der Waals surface area contributed by atoms with Gasteiger partial charge in [0.25, 0.3) is 5.35 Å². The molecule has 2 heterocycles. The summed E-state index contributed by atoms with van der Waals surface area (Å²) in [6, 6.07) is 10.1. The van der Waals surface area contributed by atoms with Crippen LogP contribution in [0.1, 0.15) is 0 Å². The van der Waals surface area contributed by atoms with Gasteiger partial charge in [-0.3, -0.25) is 0 Å². The molecule has 4 aromatic rings. The van der Waals surface area contributed by atoms with Gasteiger partial charge in [0.15, 0.2) is 5.58 Å². The Balaban J connectivity index is 2.31. The monoisotopic (exact) mass is 293 g/mol. The summed E-state index contributed by atoms with van der Waals surface area (Å²) in [5.74, 6) is 0. The van der Waals surface area contributed by atoms with Crippen molar-refractivity contribution in [2.45, 2.75) is 0 Å². The lowest BCUT2D eigenvalue weighted by Crippen LogP contribution is -1.72. The summed E-state index contributed by atoms with van der Waals surface area (Å²) in [7, 11) is 0. The first-order valence-electron chi connectivity index (χ1n) is 5.30. The Morgan fingerprint density at radius 3 is 2.83 bits per heavy atom. The van der Waals surface area contributed by atoms with Crippen molar-refractivity contribution in [3.63, 3.8) is 0 Å². The predicted molar refractivity (Wildman–Crippen MR) is 76.9 cm³/mol. The van der Waals surface area contributed by atoms with E-state index in [1.165, 1.54) is 10.1 Å². The second-order valence-electron chi connectivity index (χ2n) is 3.98. The molecule has 0 bridgehead atoms. The first-order chi connectivity index (χ1) is 8.74. The summed E-state index contributed by atoms with van der Waals surface area (Å²) in [5.41, 5.74) is 1.25. The largest absolute Gasteiger partial charge is 0.427 e. The minimum atomic E-state index is 0.119. The summed E-state index contributed by atoms with van der Waals surface area (Å²) in [6.07, 6.45) is 0. The van der Waals surface area contributed by atoms with Gasteiger partial charge in [-0.05, 0) is 23.7 Å². The molecule has 18 heavy (non-hydrogen) atoms. The Morgan fingerprint density at radius 2 is 1.94 bits per heavy atom. The highest BCUT2D eigenvalue weighted by Gasteiger charge is 2.15. The number of oxazole rings is 1. The van der Waals surface area contributed by atoms with Gasteiger partial charge in [-0.25, -0.2) is 0 Å². The van der Waals surface area contributed by atoms with Crippen LogP contribution in [0.5, 0.6) is 0 Å². The topological polar surface area (TPSA) is 26.0 Å². The van der Waals surface area contributed by atoms with Crippen LogP contribution < -0.4 is 0 Å². The highest BCUT2D eigenvalue weighted by Crippen LogP contribution is 2.42. The number of nitrogens with zero attached hydrogens (tertiary/aromatic N) is 1. The molecule has 2 aromatic heterocycles. The summed E-state index contributed by atoms with van der Waals surface area (Å²) in [5, 5.41) is 2.99. The molecule has 0 saturated heterocycles. The van der Waals surface area contributed by atoms with Crippen molar-refractivity contribution in [2.24, 2.45) is 0 Å². The molecule has 0 fully saturated rings. The van der Waals surface area contributed by atoms with Crippen molar-refractivity contribution in [3.05, 3.63) is 40.7 Å². The molecule has 0 amide bonds. The standard InChI is InChI=1S/C13H5Cl2NOS/c14-10-11-8(17-13(15)16-11)5-7-6-3-1-2-4-9(6)18-12(7)10/h1-5H. The van der Waals surface area contributed by atoms with Crippen LogP contribution in [0.25, 0.3) is 31.3 Å². The zero-order valence-electron chi connectivity index (χ0n) is 8.91. The van der Waals surface area contributed by atoms with Crippen LogP contribution in [0.2, 0.25) is 10.4 Å². The lowest BCUT2D eigenvalue weighted by Gasteiger charge is -1.94. The van der Waals surface area contributed by atoms with E-state index in [4.69, 9.17) is 27.6 Å². The molecule has 0 unspecified atom stereocenters. The van der Waals surface area contributed by atoms with E-state index in [1.807, 2.05) is 18.2 Å². The van der Waals surface area contributed by atoms with Gasteiger partial charge in [0.2, 0.25) is 0 Å². The Bertz CT molecular complexity index is 909. The number of thiophene rings is 1. The number of aromatic nitrogens is 1. The second-order valence-corrected chi connectivity index (χ2v) is 5.73. The van der Waals surface area contributed by atoms with Crippen molar-refractivity contribution in [3.8, 4) is 0 Å². The third-order valence-electron chi connectivity index (χ3n) is 2.94. The summed E-state index contributed by atoms with van der Waals surface area (Å²) in [6.45, 7) is 0. The number of hydrogen-bond acceptors (Lipinski definition) is 3. The molecule has 0 N–H and O–H groups in total. The van der Waals surface area contributed by atoms with E-state index in [2.05, 4.69) is 17.1 Å². The van der Waals surface area contributed by atoms with Gasteiger partial charge in [-0.2, -0.15) is 4.98 Å². The SMILES string of the molecule is Clc1nc2c(Cl)c3sc4ccccc4c3cc2o1. The fourth-order valence-electron chi connectivity index (χ4n) is 2.17. The van der Waals surface area contributed by atoms with Crippen LogP contribution in [0, 0.1) is 0 Å². The third kappa shape index (κ3) is 1.32.